The van der Waals surface area contributed by atoms with Crippen molar-refractivity contribution in [2.24, 2.45) is 11.3 Å². The normalized spacial score (nSPS) is 16.7. The van der Waals surface area contributed by atoms with E-state index >= 15 is 0 Å². The predicted molar refractivity (Wildman–Crippen MR) is 78.6 cm³/mol. The second-order valence-corrected chi connectivity index (χ2v) is 6.98. The Morgan fingerprint density at radius 3 is 2.14 bits per heavy atom. The van der Waals surface area contributed by atoms with Crippen LogP contribution in [0, 0.1) is 11.3 Å². The van der Waals surface area contributed by atoms with Crippen molar-refractivity contribution in [3.63, 3.8) is 0 Å². The lowest BCUT2D eigenvalue weighted by Crippen LogP contribution is -2.45. The van der Waals surface area contributed by atoms with Crippen LogP contribution in [0.1, 0.15) is 40.0 Å². The Hall–Kier alpha value is -1.59. The third-order valence-corrected chi connectivity index (χ3v) is 3.68. The highest BCUT2D eigenvalue weighted by molar-refractivity contribution is 5.85. The molecule has 0 radical (unpaired) electrons. The Morgan fingerprint density at radius 1 is 1.19 bits per heavy atom. The first kappa shape index (κ1) is 17.5. The van der Waals surface area contributed by atoms with Crippen LogP contribution in [-0.2, 0) is 14.4 Å². The zero-order chi connectivity index (χ0) is 16.2. The number of hydrogen-bond acceptors (Lipinski definition) is 3. The summed E-state index contributed by atoms with van der Waals surface area (Å²) in [5.41, 5.74) is -0.103. The topological polar surface area (TPSA) is 77.9 Å². The molecule has 0 bridgehead atoms. The number of carboxylic acids is 1. The molecular weight excluding hydrogens is 272 g/mol. The second-order valence-electron chi connectivity index (χ2n) is 6.98. The highest BCUT2D eigenvalue weighted by atomic mass is 16.4. The Bertz CT molecular complexity index is 406. The van der Waals surface area contributed by atoms with Gasteiger partial charge in [-0.25, -0.2) is 0 Å². The van der Waals surface area contributed by atoms with Crippen molar-refractivity contribution >= 4 is 17.8 Å². The second kappa shape index (κ2) is 6.91. The number of hydrogen-bond donors (Lipinski definition) is 1. The minimum atomic E-state index is -0.792. The molecule has 0 atom stereocenters. The SMILES string of the molecule is CN(CC(=O)N1CCC(C(=O)O)CC1)C(=O)CC(C)(C)C. The minimum Gasteiger partial charge on any atom is -0.481 e. The van der Waals surface area contributed by atoms with Crippen LogP contribution in [0.4, 0.5) is 0 Å². The highest BCUT2D eigenvalue weighted by Gasteiger charge is 2.28. The monoisotopic (exact) mass is 298 g/mol. The number of amides is 2. The Morgan fingerprint density at radius 2 is 1.71 bits per heavy atom. The molecule has 1 aliphatic heterocycles. The molecule has 120 valence electrons. The fourth-order valence-corrected chi connectivity index (χ4v) is 2.36. The molecule has 6 heteroatoms. The third kappa shape index (κ3) is 5.73. The quantitative estimate of drug-likeness (QED) is 0.846. The van der Waals surface area contributed by atoms with Gasteiger partial charge in [0.1, 0.15) is 0 Å². The van der Waals surface area contributed by atoms with Gasteiger partial charge in [-0.05, 0) is 18.3 Å². The number of carbonyl (C=O) groups excluding carboxylic acids is 2. The van der Waals surface area contributed by atoms with Crippen LogP contribution in [-0.4, -0.2) is 59.4 Å². The van der Waals surface area contributed by atoms with Gasteiger partial charge < -0.3 is 14.9 Å². The fraction of sp³-hybridized carbons (Fsp3) is 0.800. The molecule has 0 unspecified atom stereocenters. The smallest absolute Gasteiger partial charge is 0.306 e. The van der Waals surface area contributed by atoms with Crippen molar-refractivity contribution in [2.75, 3.05) is 26.7 Å². The van der Waals surface area contributed by atoms with Crippen molar-refractivity contribution in [3.8, 4) is 0 Å². The largest absolute Gasteiger partial charge is 0.481 e. The Labute approximate surface area is 126 Å². The van der Waals surface area contributed by atoms with Crippen molar-refractivity contribution in [1.82, 2.24) is 9.80 Å². The highest BCUT2D eigenvalue weighted by Crippen LogP contribution is 2.20. The van der Waals surface area contributed by atoms with Gasteiger partial charge in [-0.3, -0.25) is 14.4 Å². The first-order valence-corrected chi connectivity index (χ1v) is 7.34. The minimum absolute atomic E-state index is 0.0451. The van der Waals surface area contributed by atoms with Gasteiger partial charge in [-0.2, -0.15) is 0 Å². The van der Waals surface area contributed by atoms with E-state index in [1.165, 1.54) is 4.90 Å². The van der Waals surface area contributed by atoms with E-state index in [2.05, 4.69) is 0 Å². The lowest BCUT2D eigenvalue weighted by molar-refractivity contribution is -0.146. The number of rotatable bonds is 4. The van der Waals surface area contributed by atoms with E-state index in [0.29, 0.717) is 32.4 Å². The molecule has 1 aliphatic rings. The van der Waals surface area contributed by atoms with Crippen LogP contribution >= 0.6 is 0 Å². The maximum Gasteiger partial charge on any atom is 0.306 e. The van der Waals surface area contributed by atoms with Gasteiger partial charge in [-0.15, -0.1) is 0 Å². The molecule has 0 saturated carbocycles. The summed E-state index contributed by atoms with van der Waals surface area (Å²) in [6, 6.07) is 0. The molecule has 0 spiro atoms. The molecule has 6 nitrogen and oxygen atoms in total. The van der Waals surface area contributed by atoms with Gasteiger partial charge in [0.05, 0.1) is 12.5 Å². The standard InChI is InChI=1S/C15H26N2O4/c1-15(2,3)9-12(18)16(4)10-13(19)17-7-5-11(6-8-17)14(20)21/h11H,5-10H2,1-4H3,(H,20,21). The maximum absolute atomic E-state index is 12.1. The molecule has 1 heterocycles. The first-order chi connectivity index (χ1) is 9.60. The lowest BCUT2D eigenvalue weighted by atomic mass is 9.91. The van der Waals surface area contributed by atoms with Crippen molar-refractivity contribution in [3.05, 3.63) is 0 Å². The van der Waals surface area contributed by atoms with Gasteiger partial charge >= 0.3 is 5.97 Å². The summed E-state index contributed by atoms with van der Waals surface area (Å²) in [6.45, 7) is 6.92. The van der Waals surface area contributed by atoms with E-state index in [1.54, 1.807) is 11.9 Å². The molecule has 1 saturated heterocycles. The molecule has 21 heavy (non-hydrogen) atoms. The van der Waals surface area contributed by atoms with Gasteiger partial charge in [0.2, 0.25) is 11.8 Å². The average molecular weight is 298 g/mol. The van der Waals surface area contributed by atoms with E-state index in [1.807, 2.05) is 20.8 Å². The molecular formula is C15H26N2O4. The molecule has 0 aromatic heterocycles. The van der Waals surface area contributed by atoms with Gasteiger partial charge in [0, 0.05) is 26.6 Å². The molecule has 1 N–H and O–H groups in total. The molecule has 1 fully saturated rings. The van der Waals surface area contributed by atoms with Crippen LogP contribution in [0.15, 0.2) is 0 Å². The lowest BCUT2D eigenvalue weighted by Gasteiger charge is -2.32. The number of carboxylic acid groups (broad SMARTS) is 1. The number of likely N-dealkylation sites (tertiary alicyclic amines) is 1. The van der Waals surface area contributed by atoms with Crippen molar-refractivity contribution in [2.45, 2.75) is 40.0 Å². The summed E-state index contributed by atoms with van der Waals surface area (Å²) in [4.78, 5) is 38.1. The fourth-order valence-electron chi connectivity index (χ4n) is 2.36. The Kier molecular flexibility index (Phi) is 5.75. The van der Waals surface area contributed by atoms with Crippen LogP contribution in [0.3, 0.4) is 0 Å². The number of likely N-dealkylation sites (N-methyl/N-ethyl adjacent to an activating group) is 1. The van der Waals surface area contributed by atoms with Crippen LogP contribution in [0.5, 0.6) is 0 Å². The number of nitrogens with zero attached hydrogens (tertiary/aromatic N) is 2. The van der Waals surface area contributed by atoms with Gasteiger partial charge in [-0.1, -0.05) is 20.8 Å². The van der Waals surface area contributed by atoms with E-state index in [-0.39, 0.29) is 29.7 Å². The van der Waals surface area contributed by atoms with Crippen molar-refractivity contribution in [1.29, 1.82) is 0 Å². The molecule has 0 aliphatic carbocycles. The summed E-state index contributed by atoms with van der Waals surface area (Å²) in [7, 11) is 1.63. The van der Waals surface area contributed by atoms with E-state index in [0.717, 1.165) is 0 Å². The van der Waals surface area contributed by atoms with Crippen molar-refractivity contribution < 1.29 is 19.5 Å². The maximum atomic E-state index is 12.1. The van der Waals surface area contributed by atoms with Gasteiger partial charge in [0.25, 0.3) is 0 Å². The van der Waals surface area contributed by atoms with E-state index in [9.17, 15) is 14.4 Å². The van der Waals surface area contributed by atoms with Crippen LogP contribution < -0.4 is 0 Å². The molecule has 2 amide bonds. The summed E-state index contributed by atoms with van der Waals surface area (Å²) in [5, 5.41) is 8.93. The van der Waals surface area contributed by atoms with Gasteiger partial charge in [0.15, 0.2) is 0 Å². The number of carbonyl (C=O) groups is 3. The van der Waals surface area contributed by atoms with Crippen LogP contribution in [0.25, 0.3) is 0 Å². The predicted octanol–water partition coefficient (Wildman–Crippen LogP) is 1.20. The van der Waals surface area contributed by atoms with Crippen LogP contribution in [0.2, 0.25) is 0 Å². The summed E-state index contributed by atoms with van der Waals surface area (Å²) in [5.74, 6) is -1.30. The zero-order valence-electron chi connectivity index (χ0n) is 13.4. The van der Waals surface area contributed by atoms with E-state index in [4.69, 9.17) is 5.11 Å². The summed E-state index contributed by atoms with van der Waals surface area (Å²) >= 11 is 0. The molecule has 0 aromatic carbocycles. The molecule has 1 rings (SSSR count). The number of piperidine rings is 1. The van der Waals surface area contributed by atoms with E-state index < -0.39 is 5.97 Å². The zero-order valence-corrected chi connectivity index (χ0v) is 13.4. The summed E-state index contributed by atoms with van der Waals surface area (Å²) < 4.78 is 0. The third-order valence-electron chi connectivity index (χ3n) is 3.68. The Balaban J connectivity index is 2.43. The first-order valence-electron chi connectivity index (χ1n) is 7.34. The number of aliphatic carboxylic acids is 1. The average Bonchev–Trinajstić information content (AvgIpc) is 2.36. The molecule has 0 aromatic rings. The summed E-state index contributed by atoms with van der Waals surface area (Å²) in [6.07, 6.45) is 1.37.